The van der Waals surface area contributed by atoms with E-state index in [4.69, 9.17) is 16.6 Å². The minimum atomic E-state index is -0.260. The molecule has 0 fully saturated rings. The van der Waals surface area contributed by atoms with Gasteiger partial charge in [-0.2, -0.15) is 0 Å². The van der Waals surface area contributed by atoms with Gasteiger partial charge >= 0.3 is 0 Å². The van der Waals surface area contributed by atoms with Crippen LogP contribution in [0.4, 0.5) is 4.39 Å². The fourth-order valence-electron chi connectivity index (χ4n) is 4.40. The summed E-state index contributed by atoms with van der Waals surface area (Å²) in [5.41, 5.74) is 4.44. The van der Waals surface area contributed by atoms with Gasteiger partial charge < -0.3 is 4.42 Å². The lowest BCUT2D eigenvalue weighted by atomic mass is 9.98. The molecule has 0 aliphatic rings. The number of unbranched alkanes of at least 4 members (excludes halogenated alkanes) is 6. The molecule has 3 heteroatoms. The Bertz CT molecular complexity index is 1270. The summed E-state index contributed by atoms with van der Waals surface area (Å²) >= 11 is 5.54. The first-order chi connectivity index (χ1) is 15.6. The van der Waals surface area contributed by atoms with Crippen LogP contribution in [-0.2, 0) is 6.42 Å². The Morgan fingerprint density at radius 3 is 2.16 bits per heavy atom. The lowest BCUT2D eigenvalue weighted by molar-refractivity contribution is 0.533. The highest BCUT2D eigenvalue weighted by Gasteiger charge is 2.14. The third-order valence-corrected chi connectivity index (χ3v) is 6.64. The Labute approximate surface area is 195 Å². The molecule has 4 aromatic rings. The minimum Gasteiger partial charge on any atom is -0.441 e. The summed E-state index contributed by atoms with van der Waals surface area (Å²) in [6, 6.07) is 18.5. The van der Waals surface area contributed by atoms with Gasteiger partial charge in [-0.05, 0) is 60.1 Å². The maximum atomic E-state index is 15.3. The van der Waals surface area contributed by atoms with E-state index in [0.29, 0.717) is 4.71 Å². The van der Waals surface area contributed by atoms with E-state index in [-0.39, 0.29) is 11.4 Å². The van der Waals surface area contributed by atoms with Gasteiger partial charge in [0.2, 0.25) is 0 Å². The van der Waals surface area contributed by atoms with Crippen LogP contribution in [0.25, 0.3) is 32.9 Å². The maximum Gasteiger partial charge on any atom is 0.198 e. The molecule has 1 heterocycles. The first kappa shape index (κ1) is 22.7. The van der Waals surface area contributed by atoms with E-state index in [1.165, 1.54) is 37.7 Å². The number of hydrogen-bond acceptors (Lipinski definition) is 2. The lowest BCUT2D eigenvalue weighted by Crippen LogP contribution is -1.94. The third kappa shape index (κ3) is 4.94. The van der Waals surface area contributed by atoms with Crippen LogP contribution in [0.2, 0.25) is 0 Å². The monoisotopic (exact) mass is 446 g/mol. The first-order valence-corrected chi connectivity index (χ1v) is 12.2. The molecule has 0 N–H and O–H groups in total. The van der Waals surface area contributed by atoms with E-state index in [1.807, 2.05) is 18.2 Å². The van der Waals surface area contributed by atoms with Crippen LogP contribution in [0, 0.1) is 17.4 Å². The number of fused-ring (bicyclic) bond motifs is 3. The number of hydrogen-bond donors (Lipinski definition) is 0. The number of rotatable bonds is 9. The Morgan fingerprint density at radius 1 is 0.750 bits per heavy atom. The SMILES string of the molecule is CCCCCCCCCc1ccc2c(oc(=S)c3cc(-c4ccc(C)cc4)ccc32)c1F. The first-order valence-electron chi connectivity index (χ1n) is 11.8. The molecular weight excluding hydrogens is 415 g/mol. The Morgan fingerprint density at radius 2 is 1.41 bits per heavy atom. The van der Waals surface area contributed by atoms with Crippen LogP contribution >= 0.6 is 12.2 Å². The van der Waals surface area contributed by atoms with Crippen molar-refractivity contribution in [3.8, 4) is 11.1 Å². The molecule has 3 aromatic carbocycles. The fourth-order valence-corrected chi connectivity index (χ4v) is 4.65. The molecule has 4 rings (SSSR count). The second kappa shape index (κ2) is 10.4. The van der Waals surface area contributed by atoms with E-state index in [2.05, 4.69) is 50.2 Å². The summed E-state index contributed by atoms with van der Waals surface area (Å²) in [4.78, 5) is 0. The van der Waals surface area contributed by atoms with Crippen molar-refractivity contribution in [1.82, 2.24) is 0 Å². The average Bonchev–Trinajstić information content (AvgIpc) is 2.80. The molecule has 0 bridgehead atoms. The van der Waals surface area contributed by atoms with Gasteiger partial charge in [-0.1, -0.05) is 99.5 Å². The van der Waals surface area contributed by atoms with Gasteiger partial charge in [-0.15, -0.1) is 0 Å². The zero-order valence-corrected chi connectivity index (χ0v) is 19.9. The fraction of sp³-hybridized carbons (Fsp3) is 0.345. The van der Waals surface area contributed by atoms with Gasteiger partial charge in [0.1, 0.15) is 0 Å². The summed E-state index contributed by atoms with van der Waals surface area (Å²) in [6.07, 6.45) is 9.27. The summed E-state index contributed by atoms with van der Waals surface area (Å²) in [6.45, 7) is 4.31. The van der Waals surface area contributed by atoms with Crippen LogP contribution in [0.3, 0.4) is 0 Å². The number of aryl methyl sites for hydroxylation is 2. The van der Waals surface area contributed by atoms with E-state index in [9.17, 15) is 0 Å². The smallest absolute Gasteiger partial charge is 0.198 e. The maximum absolute atomic E-state index is 15.3. The van der Waals surface area contributed by atoms with Crippen LogP contribution in [-0.4, -0.2) is 0 Å². The van der Waals surface area contributed by atoms with E-state index in [1.54, 1.807) is 0 Å². The number of benzene rings is 3. The van der Waals surface area contributed by atoms with Gasteiger partial charge in [0.15, 0.2) is 16.1 Å². The zero-order valence-electron chi connectivity index (χ0n) is 19.0. The second-order valence-electron chi connectivity index (χ2n) is 8.80. The zero-order chi connectivity index (χ0) is 22.5. The van der Waals surface area contributed by atoms with Crippen molar-refractivity contribution >= 4 is 34.0 Å². The molecule has 0 spiro atoms. The molecule has 0 saturated carbocycles. The largest absolute Gasteiger partial charge is 0.441 e. The average molecular weight is 447 g/mol. The molecule has 0 unspecified atom stereocenters. The molecule has 1 nitrogen and oxygen atoms in total. The van der Waals surface area contributed by atoms with Crippen LogP contribution in [0.15, 0.2) is 59.0 Å². The van der Waals surface area contributed by atoms with Crippen molar-refractivity contribution in [3.63, 3.8) is 0 Å². The Balaban J connectivity index is 1.59. The second-order valence-corrected chi connectivity index (χ2v) is 9.17. The molecule has 0 radical (unpaired) electrons. The molecular formula is C29H31FOS. The van der Waals surface area contributed by atoms with E-state index in [0.717, 1.165) is 52.1 Å². The molecule has 32 heavy (non-hydrogen) atoms. The minimum absolute atomic E-state index is 0.260. The van der Waals surface area contributed by atoms with Gasteiger partial charge in [0.05, 0.1) is 0 Å². The van der Waals surface area contributed by atoms with Crippen molar-refractivity contribution in [3.05, 3.63) is 76.2 Å². The predicted molar refractivity (Wildman–Crippen MR) is 136 cm³/mol. The highest BCUT2D eigenvalue weighted by atomic mass is 32.1. The van der Waals surface area contributed by atoms with Crippen LogP contribution < -0.4 is 0 Å². The molecule has 0 aliphatic carbocycles. The van der Waals surface area contributed by atoms with Crippen molar-refractivity contribution < 1.29 is 8.81 Å². The molecule has 0 amide bonds. The van der Waals surface area contributed by atoms with Gasteiger partial charge in [0, 0.05) is 10.8 Å². The lowest BCUT2D eigenvalue weighted by Gasteiger charge is -2.10. The van der Waals surface area contributed by atoms with E-state index < -0.39 is 0 Å². The van der Waals surface area contributed by atoms with Gasteiger partial charge in [-0.3, -0.25) is 0 Å². The quantitative estimate of drug-likeness (QED) is 0.144. The number of halogens is 1. The Kier molecular flexibility index (Phi) is 7.36. The normalized spacial score (nSPS) is 11.5. The van der Waals surface area contributed by atoms with Gasteiger partial charge in [0.25, 0.3) is 0 Å². The van der Waals surface area contributed by atoms with Crippen LogP contribution in [0.1, 0.15) is 63.0 Å². The highest BCUT2D eigenvalue weighted by Crippen LogP contribution is 2.33. The van der Waals surface area contributed by atoms with Crippen molar-refractivity contribution in [2.45, 2.75) is 65.2 Å². The summed E-state index contributed by atoms with van der Waals surface area (Å²) in [7, 11) is 0. The Hall–Kier alpha value is -2.52. The van der Waals surface area contributed by atoms with Crippen molar-refractivity contribution in [1.29, 1.82) is 0 Å². The molecule has 0 saturated heterocycles. The highest BCUT2D eigenvalue weighted by molar-refractivity contribution is 7.71. The topological polar surface area (TPSA) is 13.1 Å². The predicted octanol–water partition coefficient (Wildman–Crippen LogP) is 9.72. The van der Waals surface area contributed by atoms with Crippen LogP contribution in [0.5, 0.6) is 0 Å². The standard InChI is InChI=1S/C29H31FOS/c1-3-4-5-6-7-8-9-10-22-15-18-25-24-17-16-23(21-13-11-20(2)12-14-21)19-26(24)29(32)31-28(25)27(22)30/h11-19H,3-10H2,1-2H3. The summed E-state index contributed by atoms with van der Waals surface area (Å²) in [5.74, 6) is -0.260. The van der Waals surface area contributed by atoms with E-state index >= 15 is 4.39 Å². The summed E-state index contributed by atoms with van der Waals surface area (Å²) < 4.78 is 21.5. The molecule has 166 valence electrons. The molecule has 0 atom stereocenters. The van der Waals surface area contributed by atoms with Gasteiger partial charge in [-0.25, -0.2) is 4.39 Å². The molecule has 1 aromatic heterocycles. The molecule has 0 aliphatic heterocycles. The third-order valence-electron chi connectivity index (χ3n) is 6.34. The summed E-state index contributed by atoms with van der Waals surface area (Å²) in [5, 5.41) is 2.57. The van der Waals surface area contributed by atoms with Crippen molar-refractivity contribution in [2.75, 3.05) is 0 Å². The van der Waals surface area contributed by atoms with Crippen molar-refractivity contribution in [2.24, 2.45) is 0 Å².